The van der Waals surface area contributed by atoms with Crippen LogP contribution in [0.25, 0.3) is 0 Å². The van der Waals surface area contributed by atoms with Gasteiger partial charge in [0.05, 0.1) is 0 Å². The molecule has 0 bridgehead atoms. The molecule has 0 aromatic carbocycles. The number of rotatable bonds is 2. The van der Waals surface area contributed by atoms with E-state index < -0.39 is 0 Å². The summed E-state index contributed by atoms with van der Waals surface area (Å²) >= 11 is 0. The zero-order chi connectivity index (χ0) is 12.3. The van der Waals surface area contributed by atoms with Gasteiger partial charge in [-0.15, -0.1) is 0 Å². The molecule has 1 aliphatic rings. The van der Waals surface area contributed by atoms with E-state index in [9.17, 15) is 4.79 Å². The second kappa shape index (κ2) is 4.83. The van der Waals surface area contributed by atoms with Crippen molar-refractivity contribution >= 4 is 11.7 Å². The van der Waals surface area contributed by atoms with Crippen LogP contribution in [0.3, 0.4) is 0 Å². The first-order valence-corrected chi connectivity index (χ1v) is 5.65. The number of carbonyl (C=O) groups is 1. The topological polar surface area (TPSA) is 83.0 Å². The molecule has 1 atom stereocenters. The van der Waals surface area contributed by atoms with E-state index in [1.54, 1.807) is 12.1 Å². The predicted octanol–water partition coefficient (Wildman–Crippen LogP) is 0.797. The minimum absolute atomic E-state index is 0.301. The summed E-state index contributed by atoms with van der Waals surface area (Å²) in [5, 5.41) is 8.81. The second-order valence-electron chi connectivity index (χ2n) is 4.10. The van der Waals surface area contributed by atoms with E-state index in [-0.39, 0.29) is 11.9 Å². The summed E-state index contributed by atoms with van der Waals surface area (Å²) in [7, 11) is 0. The van der Waals surface area contributed by atoms with Crippen LogP contribution in [0.15, 0.2) is 18.2 Å². The number of pyridine rings is 1. The average Bonchev–Trinajstić information content (AvgIpc) is 2.39. The molecule has 17 heavy (non-hydrogen) atoms. The molecule has 2 heterocycles. The van der Waals surface area contributed by atoms with Crippen LogP contribution in [0.4, 0.5) is 5.82 Å². The third-order valence-electron chi connectivity index (χ3n) is 2.97. The monoisotopic (exact) mass is 230 g/mol. The Kier molecular flexibility index (Phi) is 3.24. The Hall–Kier alpha value is -2.09. The van der Waals surface area contributed by atoms with Gasteiger partial charge in [0.2, 0.25) is 5.91 Å². The van der Waals surface area contributed by atoms with Gasteiger partial charge in [0.1, 0.15) is 23.6 Å². The number of nitrogens with two attached hydrogens (primary N) is 1. The van der Waals surface area contributed by atoms with E-state index in [1.165, 1.54) is 0 Å². The number of hydrogen-bond acceptors (Lipinski definition) is 4. The molecule has 0 saturated carbocycles. The Balaban J connectivity index is 2.29. The first kappa shape index (κ1) is 11.4. The molecule has 5 nitrogen and oxygen atoms in total. The normalized spacial score (nSPS) is 19.7. The van der Waals surface area contributed by atoms with Crippen LogP contribution >= 0.6 is 0 Å². The quantitative estimate of drug-likeness (QED) is 0.814. The van der Waals surface area contributed by atoms with E-state index in [4.69, 9.17) is 11.0 Å². The Labute approximate surface area is 99.9 Å². The lowest BCUT2D eigenvalue weighted by molar-refractivity contribution is -0.119. The highest BCUT2D eigenvalue weighted by atomic mass is 16.1. The molecule has 1 fully saturated rings. The summed E-state index contributed by atoms with van der Waals surface area (Å²) in [5.41, 5.74) is 5.75. The number of aromatic nitrogens is 1. The van der Waals surface area contributed by atoms with Crippen molar-refractivity contribution in [3.8, 4) is 6.07 Å². The summed E-state index contributed by atoms with van der Waals surface area (Å²) in [6.07, 6.45) is 2.78. The van der Waals surface area contributed by atoms with Gasteiger partial charge in [0, 0.05) is 6.54 Å². The summed E-state index contributed by atoms with van der Waals surface area (Å²) in [6, 6.07) is 6.92. The molecule has 2 rings (SSSR count). The van der Waals surface area contributed by atoms with Crippen molar-refractivity contribution in [1.82, 2.24) is 4.98 Å². The number of carbonyl (C=O) groups excluding carboxylic acids is 1. The van der Waals surface area contributed by atoms with Crippen LogP contribution in [0.2, 0.25) is 0 Å². The zero-order valence-corrected chi connectivity index (χ0v) is 9.47. The Bertz CT molecular complexity index is 466. The van der Waals surface area contributed by atoms with Crippen LogP contribution in [0.1, 0.15) is 25.0 Å². The first-order valence-electron chi connectivity index (χ1n) is 5.65. The number of hydrogen-bond donors (Lipinski definition) is 1. The summed E-state index contributed by atoms with van der Waals surface area (Å²) in [5.74, 6) is 0.335. The van der Waals surface area contributed by atoms with Crippen molar-refractivity contribution in [2.75, 3.05) is 11.4 Å². The van der Waals surface area contributed by atoms with Gasteiger partial charge in [-0.2, -0.15) is 5.26 Å². The molecule has 1 aromatic heterocycles. The van der Waals surface area contributed by atoms with E-state index >= 15 is 0 Å². The molecule has 0 aliphatic carbocycles. The number of primary amides is 1. The second-order valence-corrected chi connectivity index (χ2v) is 4.10. The molecular weight excluding hydrogens is 216 g/mol. The van der Waals surface area contributed by atoms with Crippen molar-refractivity contribution in [3.05, 3.63) is 23.9 Å². The maximum absolute atomic E-state index is 11.4. The van der Waals surface area contributed by atoms with E-state index in [0.717, 1.165) is 25.8 Å². The molecule has 0 spiro atoms. The highest BCUT2D eigenvalue weighted by Gasteiger charge is 2.27. The van der Waals surface area contributed by atoms with Crippen LogP contribution in [0.5, 0.6) is 0 Å². The van der Waals surface area contributed by atoms with Gasteiger partial charge in [0.25, 0.3) is 0 Å². The van der Waals surface area contributed by atoms with Crippen molar-refractivity contribution < 1.29 is 4.79 Å². The lowest BCUT2D eigenvalue weighted by Crippen LogP contribution is -2.48. The largest absolute Gasteiger partial charge is 0.368 e. The molecule has 1 aromatic rings. The van der Waals surface area contributed by atoms with Crippen LogP contribution in [-0.2, 0) is 4.79 Å². The lowest BCUT2D eigenvalue weighted by atomic mass is 10.0. The smallest absolute Gasteiger partial charge is 0.240 e. The number of anilines is 1. The van der Waals surface area contributed by atoms with Crippen molar-refractivity contribution in [3.63, 3.8) is 0 Å². The molecule has 5 heteroatoms. The Morgan fingerprint density at radius 1 is 1.53 bits per heavy atom. The van der Waals surface area contributed by atoms with E-state index in [2.05, 4.69) is 4.98 Å². The number of piperidine rings is 1. The fourth-order valence-electron chi connectivity index (χ4n) is 2.15. The van der Waals surface area contributed by atoms with Crippen molar-refractivity contribution in [2.24, 2.45) is 5.73 Å². The van der Waals surface area contributed by atoms with E-state index in [1.807, 2.05) is 17.0 Å². The van der Waals surface area contributed by atoms with E-state index in [0.29, 0.717) is 11.5 Å². The standard InChI is InChI=1S/C12H14N4O/c13-8-9-4-3-6-11(15-9)16-7-2-1-5-10(16)12(14)17/h3-4,6,10H,1-2,5,7H2,(H2,14,17). The van der Waals surface area contributed by atoms with Gasteiger partial charge in [0.15, 0.2) is 0 Å². The third kappa shape index (κ3) is 2.36. The number of nitrogens with zero attached hydrogens (tertiary/aromatic N) is 3. The Morgan fingerprint density at radius 3 is 3.06 bits per heavy atom. The van der Waals surface area contributed by atoms with Gasteiger partial charge < -0.3 is 10.6 Å². The van der Waals surface area contributed by atoms with Crippen molar-refractivity contribution in [2.45, 2.75) is 25.3 Å². The fraction of sp³-hybridized carbons (Fsp3) is 0.417. The molecule has 0 radical (unpaired) electrons. The lowest BCUT2D eigenvalue weighted by Gasteiger charge is -2.34. The van der Waals surface area contributed by atoms with Gasteiger partial charge in [-0.25, -0.2) is 4.98 Å². The highest BCUT2D eigenvalue weighted by molar-refractivity contribution is 5.83. The minimum atomic E-state index is -0.325. The minimum Gasteiger partial charge on any atom is -0.368 e. The van der Waals surface area contributed by atoms with Gasteiger partial charge in [-0.3, -0.25) is 4.79 Å². The molecule has 2 N–H and O–H groups in total. The summed E-state index contributed by atoms with van der Waals surface area (Å²) < 4.78 is 0. The Morgan fingerprint density at radius 2 is 2.35 bits per heavy atom. The van der Waals surface area contributed by atoms with Gasteiger partial charge in [-0.05, 0) is 31.4 Å². The number of nitriles is 1. The zero-order valence-electron chi connectivity index (χ0n) is 9.47. The third-order valence-corrected chi connectivity index (χ3v) is 2.97. The van der Waals surface area contributed by atoms with Crippen LogP contribution < -0.4 is 10.6 Å². The maximum Gasteiger partial charge on any atom is 0.240 e. The van der Waals surface area contributed by atoms with Gasteiger partial charge >= 0.3 is 0 Å². The SMILES string of the molecule is N#Cc1cccc(N2CCCCC2C(N)=O)n1. The molecule has 1 amide bonds. The van der Waals surface area contributed by atoms with Crippen LogP contribution in [0, 0.1) is 11.3 Å². The molecule has 1 saturated heterocycles. The average molecular weight is 230 g/mol. The number of amides is 1. The molecule has 88 valence electrons. The highest BCUT2D eigenvalue weighted by Crippen LogP contribution is 2.23. The van der Waals surface area contributed by atoms with Gasteiger partial charge in [-0.1, -0.05) is 6.07 Å². The molecular formula is C12H14N4O. The van der Waals surface area contributed by atoms with Crippen LogP contribution in [-0.4, -0.2) is 23.5 Å². The molecule has 1 unspecified atom stereocenters. The predicted molar refractivity (Wildman–Crippen MR) is 63.1 cm³/mol. The summed E-state index contributed by atoms with van der Waals surface area (Å²) in [6.45, 7) is 0.759. The summed E-state index contributed by atoms with van der Waals surface area (Å²) in [4.78, 5) is 17.5. The first-order chi connectivity index (χ1) is 8.22. The maximum atomic E-state index is 11.4. The van der Waals surface area contributed by atoms with Crippen molar-refractivity contribution in [1.29, 1.82) is 5.26 Å². The fourth-order valence-corrected chi connectivity index (χ4v) is 2.15. The molecule has 1 aliphatic heterocycles.